The van der Waals surface area contributed by atoms with Gasteiger partial charge < -0.3 is 76.0 Å². The third-order valence-electron chi connectivity index (χ3n) is 24.9. The number of aliphatic hydroxyl groups is 4. The van der Waals surface area contributed by atoms with E-state index in [1.54, 1.807) is 81.4 Å². The van der Waals surface area contributed by atoms with Crippen LogP contribution in [0.2, 0.25) is 0 Å². The highest BCUT2D eigenvalue weighted by Crippen LogP contribution is 2.70. The van der Waals surface area contributed by atoms with Crippen molar-refractivity contribution in [1.82, 2.24) is 55.6 Å². The third-order valence-corrected chi connectivity index (χ3v) is 24.9. The van der Waals surface area contributed by atoms with Gasteiger partial charge in [0.15, 0.2) is 17.2 Å². The van der Waals surface area contributed by atoms with E-state index in [-0.39, 0.29) is 73.9 Å². The third kappa shape index (κ3) is 21.4. The molecule has 4 aliphatic carbocycles. The Labute approximate surface area is 671 Å². The number of allylic oxidation sites excluding steroid dienone is 6. The van der Waals surface area contributed by atoms with E-state index < -0.39 is 208 Å². The quantitative estimate of drug-likeness (QED) is 0.0871. The van der Waals surface area contributed by atoms with Crippen LogP contribution in [-0.4, -0.2) is 278 Å². The molecule has 5 aliphatic rings. The number of alkyl halides is 1. The zero-order valence-corrected chi connectivity index (χ0v) is 72.7. The summed E-state index contributed by atoms with van der Waals surface area (Å²) < 4.78 is 16.9. The molecule has 0 spiro atoms. The van der Waals surface area contributed by atoms with E-state index in [0.29, 0.717) is 31.3 Å². The van der Waals surface area contributed by atoms with Crippen LogP contribution in [-0.2, 0) is 62.3 Å². The van der Waals surface area contributed by atoms with Crippen LogP contribution in [0.5, 0.6) is 0 Å². The number of amides is 11. The first-order valence-electron chi connectivity index (χ1n) is 40.7. The average Bonchev–Trinajstić information content (AvgIpc) is 1.56. The summed E-state index contributed by atoms with van der Waals surface area (Å²) in [6, 6.07) is -12.3. The van der Waals surface area contributed by atoms with Crippen molar-refractivity contribution in [2.45, 2.75) is 287 Å². The molecule has 4 fully saturated rings. The summed E-state index contributed by atoms with van der Waals surface area (Å²) in [5.74, 6) is -11.8. The van der Waals surface area contributed by atoms with Crippen molar-refractivity contribution >= 4 is 76.5 Å². The molecule has 3 saturated carbocycles. The Morgan fingerprint density at radius 1 is 0.593 bits per heavy atom. The molecule has 0 aromatic carbocycles. The minimum absolute atomic E-state index is 0.0229. The smallest absolute Gasteiger partial charge is 0.246 e. The molecule has 1 saturated heterocycles. The maximum atomic E-state index is 16.9. The molecule has 1 heterocycles. The Bertz CT molecular complexity index is 3530. The molecule has 5 rings (SSSR count). The Morgan fingerprint density at radius 2 is 1.07 bits per heavy atom. The molecule has 20 atom stereocenters. The topological polar surface area (TPSA) is 374 Å². The average molecular weight is 1600 g/mol. The van der Waals surface area contributed by atoms with Crippen LogP contribution < -0.4 is 21.3 Å². The van der Waals surface area contributed by atoms with Gasteiger partial charge in [0.2, 0.25) is 65.0 Å². The number of ketones is 2. The highest BCUT2D eigenvalue weighted by molar-refractivity contribution is 6.02. The van der Waals surface area contributed by atoms with Gasteiger partial charge in [-0.1, -0.05) is 135 Å². The lowest BCUT2D eigenvalue weighted by Gasteiger charge is -2.62. The first-order chi connectivity index (χ1) is 52.2. The van der Waals surface area contributed by atoms with Gasteiger partial charge >= 0.3 is 0 Å². The summed E-state index contributed by atoms with van der Waals surface area (Å²) in [6.45, 7) is 33.8. The van der Waals surface area contributed by atoms with Crippen molar-refractivity contribution < 1.29 is 87.1 Å². The number of hydrogen-bond donors (Lipinski definition) is 8. The first kappa shape index (κ1) is 97.9. The fourth-order valence-electron chi connectivity index (χ4n) is 17.9. The molecule has 0 aromatic rings. The highest BCUT2D eigenvalue weighted by Gasteiger charge is 2.75. The van der Waals surface area contributed by atoms with E-state index in [4.69, 9.17) is 0 Å². The summed E-state index contributed by atoms with van der Waals surface area (Å²) in [4.78, 5) is 193. The summed E-state index contributed by atoms with van der Waals surface area (Å²) in [5, 5.41) is 55.0. The highest BCUT2D eigenvalue weighted by atomic mass is 19.1. The number of nitrogens with zero attached hydrogens (tertiary/aromatic N) is 7. The molecule has 113 heavy (non-hydrogen) atoms. The van der Waals surface area contributed by atoms with Crippen molar-refractivity contribution in [3.8, 4) is 0 Å². The molecule has 0 aromatic heterocycles. The molecular formula is C84H140FN11O17. The van der Waals surface area contributed by atoms with E-state index in [9.17, 15) is 73.2 Å². The van der Waals surface area contributed by atoms with Gasteiger partial charge in [0.1, 0.15) is 72.6 Å². The Hall–Kier alpha value is -7.50. The number of likely N-dealkylation sites (N-methyl/N-ethyl adjacent to an activating group) is 7. The Kier molecular flexibility index (Phi) is 35.0. The summed E-state index contributed by atoms with van der Waals surface area (Å²) in [7, 11) is 9.92. The number of Topliss-reactive ketones (excluding diaryl/α,β-unsaturated/α-hetero) is 1. The van der Waals surface area contributed by atoms with E-state index in [1.165, 1.54) is 99.8 Å². The lowest BCUT2D eigenvalue weighted by molar-refractivity contribution is -0.219. The van der Waals surface area contributed by atoms with Gasteiger partial charge in [-0.3, -0.25) is 62.3 Å². The van der Waals surface area contributed by atoms with Crippen LogP contribution in [0.4, 0.5) is 4.39 Å². The van der Waals surface area contributed by atoms with Gasteiger partial charge in [-0.2, -0.15) is 0 Å². The molecule has 0 unspecified atom stereocenters. The summed E-state index contributed by atoms with van der Waals surface area (Å²) in [5.41, 5.74) is -5.17. The van der Waals surface area contributed by atoms with Crippen molar-refractivity contribution in [3.63, 3.8) is 0 Å². The number of hydrogen-bond acceptors (Lipinski definition) is 17. The van der Waals surface area contributed by atoms with Crippen molar-refractivity contribution in [3.05, 3.63) is 36.0 Å². The second-order valence-corrected chi connectivity index (χ2v) is 35.8. The van der Waals surface area contributed by atoms with Crippen LogP contribution in [0.3, 0.4) is 0 Å². The lowest BCUT2D eigenvalue weighted by Crippen LogP contribution is -2.69. The number of carbonyl (C=O) groups is 13. The maximum absolute atomic E-state index is 16.9. The SMILES string of the molecule is C/C=C/C[C@@H](C)[C@@H](O)[C@H]1C(=O)N[C@@H](CC)C(=O)N(C)CC(=O)N(C)[C@@H](CC(C)C)C(=O)N[C@@H](C(C)C)C(=O)N(C)[C@@H](CC(C)C)C(=O)N[C@@H](C)C(=O)N[C@H](C)C(=O)N(C)[C@@H](CC(C)C)C(=O)N(C)[C@@H](CC(C)C)C(=O)N(C)[C@@H](C(C)C)C(=O)N1C.C[C@@H]1C[C@H]2[C@@H]3CCC4=CC(=O)C=C[C@]4(C)[C@@]3(F)[C@@H](O)C[C@]2(C)[C@@]1(O)C(=O)CO. The van der Waals surface area contributed by atoms with Crippen molar-refractivity contribution in [2.24, 2.45) is 70.0 Å². The molecule has 0 radical (unpaired) electrons. The van der Waals surface area contributed by atoms with E-state index >= 15 is 14.0 Å². The van der Waals surface area contributed by atoms with Crippen LogP contribution >= 0.6 is 0 Å². The minimum atomic E-state index is -1.98. The van der Waals surface area contributed by atoms with Crippen molar-refractivity contribution in [1.29, 1.82) is 0 Å². The molecule has 640 valence electrons. The van der Waals surface area contributed by atoms with Gasteiger partial charge in [0.05, 0.1) is 18.8 Å². The molecule has 1 aliphatic heterocycles. The number of carbonyl (C=O) groups excluding carboxylic acids is 13. The van der Waals surface area contributed by atoms with Gasteiger partial charge in [-0.05, 0) is 157 Å². The first-order valence-corrected chi connectivity index (χ1v) is 40.7. The molecule has 29 heteroatoms. The fraction of sp³-hybridized carbons (Fsp3) is 0.774. The lowest BCUT2D eigenvalue weighted by atomic mass is 9.44. The van der Waals surface area contributed by atoms with Gasteiger partial charge in [-0.15, -0.1) is 0 Å². The van der Waals surface area contributed by atoms with Crippen LogP contribution in [0.1, 0.15) is 203 Å². The molecule has 8 N–H and O–H groups in total. The monoisotopic (exact) mass is 1590 g/mol. The number of halogens is 1. The zero-order valence-electron chi connectivity index (χ0n) is 72.7. The second-order valence-electron chi connectivity index (χ2n) is 35.8. The second kappa shape index (κ2) is 40.4. The number of fused-ring (bicyclic) bond motifs is 5. The van der Waals surface area contributed by atoms with Gasteiger partial charge in [0, 0.05) is 66.1 Å². The predicted octanol–water partition coefficient (Wildman–Crippen LogP) is 5.16. The van der Waals surface area contributed by atoms with Crippen LogP contribution in [0, 0.1) is 70.0 Å². The van der Waals surface area contributed by atoms with E-state index in [1.807, 2.05) is 61.5 Å². The molecule has 0 bridgehead atoms. The molecular weight excluding hydrogens is 1450 g/mol. The summed E-state index contributed by atoms with van der Waals surface area (Å²) in [6.07, 6.45) is 7.48. The standard InChI is InChI=1S/C62H111N11O12.C22H29FO5/c1-25-27-28-40(15)52(75)51-56(79)65-43(26-2)58(81)67(18)33-48(74)68(19)44(29-34(3)4)55(78)66-49(38(11)12)61(84)69(20)45(30-35(5)6)54(77)63-41(16)53(76)64-42(17)57(80)70(21)46(31-36(7)8)59(82)71(22)47(32-37(9)10)60(83)72(23)50(39(13)14)62(85)73(51)24;1-12-8-16-15-5-4-13-9-14(25)6-7-19(13,2)21(15,23)17(26)10-20(16,3)22(12,28)18(27)11-24/h25,27,34-47,49-52,75H,26,28-33H2,1-24H3,(H,63,77)(H,64,76)(H,65,79)(H,66,78);6-7,9,12,15-17,24,26,28H,4-5,8,10-11H2,1-3H3/b27-25+;/t40-,41+,42-,43+,44+,45+,46+,47+,49+,50+,51+,52-;12-,15+,16+,17+,19+,20+,21+,22+/m11/s1. The Balaban J connectivity index is 0.000000789. The Morgan fingerprint density at radius 3 is 1.57 bits per heavy atom. The number of aliphatic hydroxyl groups excluding tert-OH is 3. The number of nitrogens with one attached hydrogen (secondary N) is 4. The fourth-order valence-corrected chi connectivity index (χ4v) is 17.9. The van der Waals surface area contributed by atoms with E-state index in [2.05, 4.69) is 21.3 Å². The normalized spacial score (nSPS) is 33.3. The van der Waals surface area contributed by atoms with Crippen LogP contribution in [0.25, 0.3) is 0 Å². The maximum Gasteiger partial charge on any atom is 0.246 e. The largest absolute Gasteiger partial charge is 0.390 e. The molecule has 11 amide bonds. The number of rotatable bonds is 17. The molecule has 28 nitrogen and oxygen atoms in total. The van der Waals surface area contributed by atoms with E-state index in [0.717, 1.165) is 9.80 Å². The summed E-state index contributed by atoms with van der Waals surface area (Å²) >= 11 is 0. The van der Waals surface area contributed by atoms with Gasteiger partial charge in [-0.25, -0.2) is 4.39 Å². The van der Waals surface area contributed by atoms with Gasteiger partial charge in [0.25, 0.3) is 0 Å². The zero-order chi connectivity index (χ0) is 86.7. The predicted molar refractivity (Wildman–Crippen MR) is 428 cm³/mol. The van der Waals surface area contributed by atoms with Crippen molar-refractivity contribution in [2.75, 3.05) is 62.5 Å². The van der Waals surface area contributed by atoms with Crippen LogP contribution in [0.15, 0.2) is 36.0 Å². The minimum Gasteiger partial charge on any atom is -0.390 e.